The molecule has 0 aliphatic carbocycles. The third-order valence-corrected chi connectivity index (χ3v) is 5.43. The maximum atomic E-state index is 6.00. The molecule has 19 heavy (non-hydrogen) atoms. The molecular formula is C14H19Cl2O2Si. The van der Waals surface area contributed by atoms with E-state index in [2.05, 4.69) is 6.92 Å². The zero-order chi connectivity index (χ0) is 13.9. The van der Waals surface area contributed by atoms with E-state index >= 15 is 0 Å². The Morgan fingerprint density at radius 2 is 2.11 bits per heavy atom. The van der Waals surface area contributed by atoms with Crippen molar-refractivity contribution in [3.8, 4) is 5.75 Å². The number of hydrogen-bond donors (Lipinski definition) is 0. The summed E-state index contributed by atoms with van der Waals surface area (Å²) in [5.74, 6) is 0.393. The molecule has 2 rings (SSSR count). The molecule has 1 unspecified atom stereocenters. The third kappa shape index (κ3) is 3.88. The second-order valence-corrected chi connectivity index (χ2v) is 9.01. The fourth-order valence-corrected chi connectivity index (χ4v) is 3.42. The highest BCUT2D eigenvalue weighted by molar-refractivity contribution is 7.39. The smallest absolute Gasteiger partial charge is 0.307 e. The van der Waals surface area contributed by atoms with Gasteiger partial charge in [-0.1, -0.05) is 31.9 Å². The summed E-state index contributed by atoms with van der Waals surface area (Å²) in [5.41, 5.74) is 1.04. The van der Waals surface area contributed by atoms with Gasteiger partial charge in [0.25, 0.3) is 0 Å². The molecule has 0 fully saturated rings. The van der Waals surface area contributed by atoms with E-state index in [1.807, 2.05) is 25.1 Å². The number of benzene rings is 1. The molecular weight excluding hydrogens is 299 g/mol. The van der Waals surface area contributed by atoms with Crippen LogP contribution in [0.15, 0.2) is 18.2 Å². The van der Waals surface area contributed by atoms with Crippen molar-refractivity contribution < 1.29 is 9.47 Å². The van der Waals surface area contributed by atoms with E-state index in [1.165, 1.54) is 12.8 Å². The van der Waals surface area contributed by atoms with E-state index in [-0.39, 0.29) is 0 Å². The Bertz CT molecular complexity index is 439. The first kappa shape index (κ1) is 15.2. The summed E-state index contributed by atoms with van der Waals surface area (Å²) < 4.78 is 11.9. The Morgan fingerprint density at radius 1 is 1.32 bits per heavy atom. The molecule has 5 heteroatoms. The van der Waals surface area contributed by atoms with E-state index in [1.54, 1.807) is 0 Å². The lowest BCUT2D eigenvalue weighted by atomic mass is 10.1. The summed E-state index contributed by atoms with van der Waals surface area (Å²) in [4.78, 5) is 0. The first-order valence-electron chi connectivity index (χ1n) is 6.68. The van der Waals surface area contributed by atoms with E-state index in [4.69, 9.17) is 31.6 Å². The van der Waals surface area contributed by atoms with Crippen LogP contribution in [0.25, 0.3) is 0 Å². The summed E-state index contributed by atoms with van der Waals surface area (Å²) in [5, 5.41) is 0.980. The molecule has 0 saturated heterocycles. The number of halogens is 2. The van der Waals surface area contributed by atoms with Gasteiger partial charge in [-0.3, -0.25) is 0 Å². The van der Waals surface area contributed by atoms with Crippen LogP contribution < -0.4 is 9.92 Å². The highest BCUT2D eigenvalue weighted by atomic mass is 35.7. The molecule has 0 N–H and O–H groups in total. The van der Waals surface area contributed by atoms with Crippen molar-refractivity contribution in [1.29, 1.82) is 0 Å². The number of rotatable bonds is 5. The van der Waals surface area contributed by atoms with Gasteiger partial charge in [0.2, 0.25) is 5.79 Å². The Labute approximate surface area is 126 Å². The standard InChI is InChI=1S/C14H19Cl2O2Si/c1-3-4-5-8-14(2)17-10-11-9-12(19(15)16)6-7-13(11)18-14/h6-7,9H,3-5,8,10H2,1-2H3. The number of unbranched alkanes of at least 4 members (excludes halogenated alkanes) is 2. The van der Waals surface area contributed by atoms with Gasteiger partial charge in [-0.15, -0.1) is 22.2 Å². The molecule has 0 saturated carbocycles. The van der Waals surface area contributed by atoms with Gasteiger partial charge in [-0.2, -0.15) is 0 Å². The normalized spacial score (nSPS) is 22.2. The van der Waals surface area contributed by atoms with Gasteiger partial charge < -0.3 is 9.47 Å². The molecule has 0 amide bonds. The van der Waals surface area contributed by atoms with Crippen LogP contribution in [0.2, 0.25) is 0 Å². The van der Waals surface area contributed by atoms with E-state index in [0.29, 0.717) is 6.61 Å². The maximum absolute atomic E-state index is 6.00. The van der Waals surface area contributed by atoms with Gasteiger partial charge in [0.15, 0.2) is 0 Å². The summed E-state index contributed by atoms with van der Waals surface area (Å²) in [6.07, 6.45) is 4.45. The van der Waals surface area contributed by atoms with Gasteiger partial charge >= 0.3 is 7.42 Å². The Balaban J connectivity index is 2.07. The highest BCUT2D eigenvalue weighted by Gasteiger charge is 2.32. The first-order valence-corrected chi connectivity index (χ1v) is 10.2. The summed E-state index contributed by atoms with van der Waals surface area (Å²) in [6.45, 7) is 4.77. The van der Waals surface area contributed by atoms with Crippen molar-refractivity contribution in [2.75, 3.05) is 0 Å². The van der Waals surface area contributed by atoms with Gasteiger partial charge in [0.05, 0.1) is 6.61 Å². The lowest BCUT2D eigenvalue weighted by Gasteiger charge is -2.36. The lowest BCUT2D eigenvalue weighted by molar-refractivity contribution is -0.198. The van der Waals surface area contributed by atoms with Crippen LogP contribution in [0, 0.1) is 0 Å². The highest BCUT2D eigenvalue weighted by Crippen LogP contribution is 2.33. The topological polar surface area (TPSA) is 18.5 Å². The van der Waals surface area contributed by atoms with Crippen molar-refractivity contribution >= 4 is 34.8 Å². The van der Waals surface area contributed by atoms with E-state index in [9.17, 15) is 0 Å². The van der Waals surface area contributed by atoms with Gasteiger partial charge in [0, 0.05) is 18.9 Å². The summed E-state index contributed by atoms with van der Waals surface area (Å²) in [6, 6.07) is 5.90. The molecule has 0 aromatic heterocycles. The number of ether oxygens (including phenoxy) is 2. The van der Waals surface area contributed by atoms with Crippen LogP contribution in [0.1, 0.15) is 45.1 Å². The molecule has 0 bridgehead atoms. The summed E-state index contributed by atoms with van der Waals surface area (Å²) >= 11 is 11.9. The minimum absolute atomic E-state index is 0.501. The second kappa shape index (κ2) is 6.49. The quantitative estimate of drug-likeness (QED) is 0.463. The van der Waals surface area contributed by atoms with Crippen LogP contribution >= 0.6 is 22.2 Å². The molecule has 2 nitrogen and oxygen atoms in total. The zero-order valence-electron chi connectivity index (χ0n) is 11.3. The SMILES string of the molecule is CCCCCC1(C)OCc2cc([Si](Cl)Cl)ccc2O1. The monoisotopic (exact) mass is 317 g/mol. The minimum Gasteiger partial charge on any atom is -0.462 e. The Hall–Kier alpha value is -0.223. The Kier molecular flexibility index (Phi) is 5.18. The van der Waals surface area contributed by atoms with Gasteiger partial charge in [0.1, 0.15) is 5.75 Å². The van der Waals surface area contributed by atoms with E-state index in [0.717, 1.165) is 29.3 Å². The van der Waals surface area contributed by atoms with Crippen LogP contribution in [-0.2, 0) is 11.3 Å². The minimum atomic E-state index is -1.46. The van der Waals surface area contributed by atoms with Crippen molar-refractivity contribution in [1.82, 2.24) is 0 Å². The number of hydrogen-bond acceptors (Lipinski definition) is 2. The molecule has 105 valence electrons. The molecule has 1 radical (unpaired) electrons. The average Bonchev–Trinajstić information content (AvgIpc) is 2.38. The van der Waals surface area contributed by atoms with Gasteiger partial charge in [-0.25, -0.2) is 0 Å². The van der Waals surface area contributed by atoms with Crippen molar-refractivity contribution in [3.05, 3.63) is 23.8 Å². The fourth-order valence-electron chi connectivity index (χ4n) is 2.22. The van der Waals surface area contributed by atoms with Crippen molar-refractivity contribution in [2.24, 2.45) is 0 Å². The first-order chi connectivity index (χ1) is 9.04. The average molecular weight is 318 g/mol. The Morgan fingerprint density at radius 3 is 2.79 bits per heavy atom. The van der Waals surface area contributed by atoms with Crippen LogP contribution in [-0.4, -0.2) is 13.2 Å². The molecule has 1 aromatic carbocycles. The third-order valence-electron chi connectivity index (χ3n) is 3.37. The van der Waals surface area contributed by atoms with Crippen molar-refractivity contribution in [2.45, 2.75) is 51.9 Å². The molecule has 1 atom stereocenters. The predicted octanol–water partition coefficient (Wildman–Crippen LogP) is 4.06. The predicted molar refractivity (Wildman–Crippen MR) is 81.5 cm³/mol. The van der Waals surface area contributed by atoms with E-state index < -0.39 is 13.2 Å². The number of fused-ring (bicyclic) bond motifs is 1. The second-order valence-electron chi connectivity index (χ2n) is 5.06. The molecule has 1 aromatic rings. The van der Waals surface area contributed by atoms with Gasteiger partial charge in [-0.05, 0) is 17.7 Å². The summed E-state index contributed by atoms with van der Waals surface area (Å²) in [7, 11) is -1.46. The molecule has 1 aliphatic rings. The maximum Gasteiger partial charge on any atom is 0.307 e. The molecule has 1 aliphatic heterocycles. The molecule has 1 heterocycles. The van der Waals surface area contributed by atoms with Crippen molar-refractivity contribution in [3.63, 3.8) is 0 Å². The largest absolute Gasteiger partial charge is 0.462 e. The fraction of sp³-hybridized carbons (Fsp3) is 0.571. The molecule has 0 spiro atoms. The van der Waals surface area contributed by atoms with Crippen LogP contribution in [0.4, 0.5) is 0 Å². The van der Waals surface area contributed by atoms with Crippen LogP contribution in [0.3, 0.4) is 0 Å². The van der Waals surface area contributed by atoms with Crippen LogP contribution in [0.5, 0.6) is 5.75 Å². The zero-order valence-corrected chi connectivity index (χ0v) is 13.9. The lowest BCUT2D eigenvalue weighted by Crippen LogP contribution is -2.39.